The second-order valence-corrected chi connectivity index (χ2v) is 4.83. The maximum Gasteiger partial charge on any atom is 0.0594 e. The van der Waals surface area contributed by atoms with Crippen molar-refractivity contribution < 1.29 is 4.74 Å². The van der Waals surface area contributed by atoms with E-state index in [-0.39, 0.29) is 0 Å². The number of rotatable bonds is 3. The van der Waals surface area contributed by atoms with Gasteiger partial charge in [0.05, 0.1) is 13.2 Å². The predicted octanol–water partition coefficient (Wildman–Crippen LogP) is 1.53. The van der Waals surface area contributed by atoms with Gasteiger partial charge in [0.15, 0.2) is 0 Å². The van der Waals surface area contributed by atoms with Crippen LogP contribution in [0.25, 0.3) is 0 Å². The SMILES string of the molecule is c1cc2c(c(CCN3CCOCC3)c1)NCC2. The highest BCUT2D eigenvalue weighted by Gasteiger charge is 2.15. The molecule has 0 bridgehead atoms. The van der Waals surface area contributed by atoms with Crippen LogP contribution in [0.15, 0.2) is 18.2 Å². The molecule has 1 saturated heterocycles. The standard InChI is InChI=1S/C14H20N2O/c1-2-12-4-6-15-14(12)13(3-1)5-7-16-8-10-17-11-9-16/h1-3,15H,4-11H2. The van der Waals surface area contributed by atoms with Crippen LogP contribution in [0.5, 0.6) is 0 Å². The summed E-state index contributed by atoms with van der Waals surface area (Å²) in [7, 11) is 0. The molecule has 0 amide bonds. The zero-order valence-electron chi connectivity index (χ0n) is 10.2. The average Bonchev–Trinajstić information content (AvgIpc) is 2.86. The van der Waals surface area contributed by atoms with Crippen LogP contribution in [0.3, 0.4) is 0 Å². The molecule has 0 atom stereocenters. The lowest BCUT2D eigenvalue weighted by Crippen LogP contribution is -2.37. The summed E-state index contributed by atoms with van der Waals surface area (Å²) in [6.45, 7) is 6.21. The van der Waals surface area contributed by atoms with E-state index in [1.165, 1.54) is 23.2 Å². The third kappa shape index (κ3) is 2.45. The molecular formula is C14H20N2O. The molecule has 3 heteroatoms. The lowest BCUT2D eigenvalue weighted by molar-refractivity contribution is 0.0384. The van der Waals surface area contributed by atoms with Gasteiger partial charge >= 0.3 is 0 Å². The Morgan fingerprint density at radius 3 is 3.00 bits per heavy atom. The molecular weight excluding hydrogens is 212 g/mol. The molecule has 3 nitrogen and oxygen atoms in total. The zero-order valence-corrected chi connectivity index (χ0v) is 10.2. The molecule has 1 fully saturated rings. The van der Waals surface area contributed by atoms with E-state index in [2.05, 4.69) is 28.4 Å². The van der Waals surface area contributed by atoms with Crippen LogP contribution in [0.1, 0.15) is 11.1 Å². The smallest absolute Gasteiger partial charge is 0.0594 e. The molecule has 3 rings (SSSR count). The molecule has 17 heavy (non-hydrogen) atoms. The van der Waals surface area contributed by atoms with E-state index >= 15 is 0 Å². The fourth-order valence-corrected chi connectivity index (χ4v) is 2.72. The second kappa shape index (κ2) is 5.07. The van der Waals surface area contributed by atoms with E-state index in [1.807, 2.05) is 0 Å². The number of anilines is 1. The number of para-hydroxylation sites is 1. The van der Waals surface area contributed by atoms with E-state index in [0.717, 1.165) is 45.8 Å². The monoisotopic (exact) mass is 232 g/mol. The quantitative estimate of drug-likeness (QED) is 0.855. The van der Waals surface area contributed by atoms with E-state index in [4.69, 9.17) is 4.74 Å². The predicted molar refractivity (Wildman–Crippen MR) is 69.6 cm³/mol. The van der Waals surface area contributed by atoms with Crippen molar-refractivity contribution in [3.05, 3.63) is 29.3 Å². The van der Waals surface area contributed by atoms with Gasteiger partial charge in [0, 0.05) is 31.9 Å². The molecule has 0 aliphatic carbocycles. The number of ether oxygens (including phenoxy) is 1. The first-order chi connectivity index (χ1) is 8.43. The van der Waals surface area contributed by atoms with Crippen LogP contribution in [-0.2, 0) is 17.6 Å². The normalized spacial score (nSPS) is 20.0. The van der Waals surface area contributed by atoms with Crippen LogP contribution in [-0.4, -0.2) is 44.3 Å². The number of morpholine rings is 1. The van der Waals surface area contributed by atoms with Gasteiger partial charge in [-0.15, -0.1) is 0 Å². The van der Waals surface area contributed by atoms with Gasteiger partial charge in [-0.25, -0.2) is 0 Å². The lowest BCUT2D eigenvalue weighted by atomic mass is 10.0. The van der Waals surface area contributed by atoms with Crippen molar-refractivity contribution in [2.24, 2.45) is 0 Å². The Morgan fingerprint density at radius 2 is 2.12 bits per heavy atom. The Morgan fingerprint density at radius 1 is 1.24 bits per heavy atom. The van der Waals surface area contributed by atoms with Crippen molar-refractivity contribution in [3.8, 4) is 0 Å². The number of benzene rings is 1. The number of hydrogen-bond donors (Lipinski definition) is 1. The fourth-order valence-electron chi connectivity index (χ4n) is 2.72. The molecule has 2 heterocycles. The van der Waals surface area contributed by atoms with Crippen molar-refractivity contribution in [3.63, 3.8) is 0 Å². The summed E-state index contributed by atoms with van der Waals surface area (Å²) in [5.74, 6) is 0. The van der Waals surface area contributed by atoms with Gasteiger partial charge in [-0.05, 0) is 24.0 Å². The summed E-state index contributed by atoms with van der Waals surface area (Å²) < 4.78 is 5.37. The molecule has 1 aromatic carbocycles. The first kappa shape index (κ1) is 11.1. The highest BCUT2D eigenvalue weighted by Crippen LogP contribution is 2.26. The third-order valence-electron chi connectivity index (χ3n) is 3.73. The van der Waals surface area contributed by atoms with Crippen LogP contribution in [0.4, 0.5) is 5.69 Å². The molecule has 0 aromatic heterocycles. The first-order valence-corrected chi connectivity index (χ1v) is 6.58. The summed E-state index contributed by atoms with van der Waals surface area (Å²) >= 11 is 0. The molecule has 2 aliphatic heterocycles. The summed E-state index contributed by atoms with van der Waals surface area (Å²) in [6, 6.07) is 6.70. The molecule has 0 saturated carbocycles. The highest BCUT2D eigenvalue weighted by atomic mass is 16.5. The van der Waals surface area contributed by atoms with Crippen LogP contribution < -0.4 is 5.32 Å². The number of fused-ring (bicyclic) bond motifs is 1. The van der Waals surface area contributed by atoms with Crippen molar-refractivity contribution in [1.82, 2.24) is 4.90 Å². The fraction of sp³-hybridized carbons (Fsp3) is 0.571. The lowest BCUT2D eigenvalue weighted by Gasteiger charge is -2.26. The third-order valence-corrected chi connectivity index (χ3v) is 3.73. The topological polar surface area (TPSA) is 24.5 Å². The van der Waals surface area contributed by atoms with Crippen LogP contribution in [0.2, 0.25) is 0 Å². The molecule has 0 unspecified atom stereocenters. The van der Waals surface area contributed by atoms with Gasteiger partial charge < -0.3 is 10.1 Å². The zero-order chi connectivity index (χ0) is 11.5. The molecule has 0 radical (unpaired) electrons. The van der Waals surface area contributed by atoms with Gasteiger partial charge in [0.1, 0.15) is 0 Å². The van der Waals surface area contributed by atoms with Gasteiger partial charge in [0.2, 0.25) is 0 Å². The Hall–Kier alpha value is -1.06. The minimum absolute atomic E-state index is 0.894. The van der Waals surface area contributed by atoms with Gasteiger partial charge in [-0.3, -0.25) is 4.90 Å². The van der Waals surface area contributed by atoms with Gasteiger partial charge in [-0.1, -0.05) is 18.2 Å². The largest absolute Gasteiger partial charge is 0.384 e. The second-order valence-electron chi connectivity index (χ2n) is 4.83. The molecule has 2 aliphatic rings. The Labute approximate surface area is 103 Å². The molecule has 1 N–H and O–H groups in total. The number of nitrogens with one attached hydrogen (secondary N) is 1. The van der Waals surface area contributed by atoms with Gasteiger partial charge in [-0.2, -0.15) is 0 Å². The van der Waals surface area contributed by atoms with Crippen molar-refractivity contribution in [2.75, 3.05) is 44.7 Å². The Bertz CT molecular complexity index is 386. The Kier molecular flexibility index (Phi) is 3.29. The summed E-state index contributed by atoms with van der Waals surface area (Å²) in [6.07, 6.45) is 2.33. The maximum absolute atomic E-state index is 5.37. The minimum Gasteiger partial charge on any atom is -0.384 e. The first-order valence-electron chi connectivity index (χ1n) is 6.58. The van der Waals surface area contributed by atoms with E-state index in [0.29, 0.717) is 0 Å². The molecule has 0 spiro atoms. The average molecular weight is 232 g/mol. The minimum atomic E-state index is 0.894. The van der Waals surface area contributed by atoms with Crippen molar-refractivity contribution in [2.45, 2.75) is 12.8 Å². The maximum atomic E-state index is 5.37. The van der Waals surface area contributed by atoms with E-state index in [9.17, 15) is 0 Å². The Balaban J connectivity index is 1.63. The van der Waals surface area contributed by atoms with Crippen molar-refractivity contribution >= 4 is 5.69 Å². The number of hydrogen-bond acceptors (Lipinski definition) is 3. The van der Waals surface area contributed by atoms with Crippen LogP contribution in [0, 0.1) is 0 Å². The molecule has 1 aromatic rings. The molecule has 92 valence electrons. The highest BCUT2D eigenvalue weighted by molar-refractivity contribution is 5.61. The number of nitrogens with zero attached hydrogens (tertiary/aromatic N) is 1. The van der Waals surface area contributed by atoms with Gasteiger partial charge in [0.25, 0.3) is 0 Å². The van der Waals surface area contributed by atoms with E-state index in [1.54, 1.807) is 0 Å². The van der Waals surface area contributed by atoms with Crippen LogP contribution >= 0.6 is 0 Å². The van der Waals surface area contributed by atoms with Crippen molar-refractivity contribution in [1.29, 1.82) is 0 Å². The summed E-state index contributed by atoms with van der Waals surface area (Å²) in [5, 5.41) is 3.51. The summed E-state index contributed by atoms with van der Waals surface area (Å²) in [5.41, 5.74) is 4.37. The summed E-state index contributed by atoms with van der Waals surface area (Å²) in [4.78, 5) is 2.50. The van der Waals surface area contributed by atoms with E-state index < -0.39 is 0 Å².